The van der Waals surface area contributed by atoms with Crippen molar-refractivity contribution in [3.8, 4) is 0 Å². The number of nitrogens with one attached hydrogen (secondary N) is 2. The van der Waals surface area contributed by atoms with Gasteiger partial charge in [0.25, 0.3) is 5.91 Å². The molecule has 3 aliphatic carbocycles. The Labute approximate surface area is 128 Å². The number of aromatic nitrogens is 1. The van der Waals surface area contributed by atoms with E-state index in [1.807, 2.05) is 0 Å². The van der Waals surface area contributed by atoms with E-state index in [9.17, 15) is 4.79 Å². The van der Waals surface area contributed by atoms with E-state index >= 15 is 0 Å². The monoisotopic (exact) mass is 306 g/mol. The van der Waals surface area contributed by atoms with Crippen LogP contribution in [0.3, 0.4) is 0 Å². The van der Waals surface area contributed by atoms with Gasteiger partial charge in [0, 0.05) is 12.1 Å². The van der Waals surface area contributed by atoms with Crippen LogP contribution in [0.5, 0.6) is 0 Å². The first-order chi connectivity index (χ1) is 10.2. The molecular formula is C15H22N4OS. The fourth-order valence-corrected chi connectivity index (χ4v) is 3.90. The molecule has 21 heavy (non-hydrogen) atoms. The number of nitrogens with zero attached hydrogens (tertiary/aromatic N) is 1. The van der Waals surface area contributed by atoms with Gasteiger partial charge in [0.15, 0.2) is 5.13 Å². The standard InChI is InChI=1S/C15H22N4OS/c16-13-12(21-15(19-13)17-10-2-1-3-10)14(20)18-11(8-4-5-8)9-6-7-9/h8-11H,1-7,16H2,(H,17,19)(H,18,20). The number of anilines is 2. The predicted octanol–water partition coefficient (Wildman–Crippen LogP) is 2.61. The van der Waals surface area contributed by atoms with Crippen LogP contribution in [0.2, 0.25) is 0 Å². The summed E-state index contributed by atoms with van der Waals surface area (Å²) in [6, 6.07) is 0.874. The van der Waals surface area contributed by atoms with Crippen LogP contribution in [0, 0.1) is 11.8 Å². The summed E-state index contributed by atoms with van der Waals surface area (Å²) in [5, 5.41) is 7.37. The molecule has 1 heterocycles. The molecular weight excluding hydrogens is 284 g/mol. The largest absolute Gasteiger partial charge is 0.382 e. The summed E-state index contributed by atoms with van der Waals surface area (Å²) in [4.78, 5) is 17.4. The van der Waals surface area contributed by atoms with E-state index in [1.54, 1.807) is 0 Å². The second-order valence-electron chi connectivity index (χ2n) is 6.68. The highest BCUT2D eigenvalue weighted by Crippen LogP contribution is 2.44. The van der Waals surface area contributed by atoms with Gasteiger partial charge in [-0.3, -0.25) is 4.79 Å². The lowest BCUT2D eigenvalue weighted by Gasteiger charge is -2.25. The molecule has 1 aromatic rings. The van der Waals surface area contributed by atoms with Crippen LogP contribution in [-0.4, -0.2) is 23.0 Å². The molecule has 114 valence electrons. The quantitative estimate of drug-likeness (QED) is 0.754. The third-order valence-corrected chi connectivity index (χ3v) is 5.85. The topological polar surface area (TPSA) is 80.0 Å². The maximum Gasteiger partial charge on any atom is 0.265 e. The summed E-state index contributed by atoms with van der Waals surface area (Å²) < 4.78 is 0. The number of nitrogen functional groups attached to an aromatic ring is 1. The van der Waals surface area contributed by atoms with E-state index in [1.165, 1.54) is 56.3 Å². The molecule has 4 N–H and O–H groups in total. The van der Waals surface area contributed by atoms with Gasteiger partial charge >= 0.3 is 0 Å². The molecule has 0 aliphatic heterocycles. The number of carbonyl (C=O) groups is 1. The van der Waals surface area contributed by atoms with Crippen molar-refractivity contribution < 1.29 is 4.79 Å². The lowest BCUT2D eigenvalue weighted by atomic mass is 9.93. The van der Waals surface area contributed by atoms with E-state index < -0.39 is 0 Å². The van der Waals surface area contributed by atoms with Gasteiger partial charge in [-0.1, -0.05) is 11.3 Å². The number of rotatable bonds is 6. The Morgan fingerprint density at radius 1 is 1.19 bits per heavy atom. The Morgan fingerprint density at radius 3 is 2.38 bits per heavy atom. The highest BCUT2D eigenvalue weighted by Gasteiger charge is 2.42. The molecule has 3 aliphatic rings. The maximum atomic E-state index is 12.5. The van der Waals surface area contributed by atoms with Crippen molar-refractivity contribution in [3.63, 3.8) is 0 Å². The fraction of sp³-hybridized carbons (Fsp3) is 0.733. The molecule has 3 fully saturated rings. The predicted molar refractivity (Wildman–Crippen MR) is 84.5 cm³/mol. The van der Waals surface area contributed by atoms with Gasteiger partial charge in [-0.15, -0.1) is 0 Å². The van der Waals surface area contributed by atoms with E-state index in [0.717, 1.165) is 5.13 Å². The minimum atomic E-state index is -0.0320. The van der Waals surface area contributed by atoms with Crippen LogP contribution in [0.1, 0.15) is 54.6 Å². The zero-order chi connectivity index (χ0) is 14.4. The minimum absolute atomic E-state index is 0.0320. The highest BCUT2D eigenvalue weighted by molar-refractivity contribution is 7.18. The molecule has 4 rings (SSSR count). The molecule has 0 saturated heterocycles. The summed E-state index contributed by atoms with van der Waals surface area (Å²) in [6.45, 7) is 0. The second-order valence-corrected chi connectivity index (χ2v) is 7.68. The van der Waals surface area contributed by atoms with E-state index in [0.29, 0.717) is 34.6 Å². The fourth-order valence-electron chi connectivity index (χ4n) is 3.03. The number of thiazole rings is 1. The third-order valence-electron chi connectivity index (χ3n) is 4.85. The molecule has 3 saturated carbocycles. The number of amides is 1. The Morgan fingerprint density at radius 2 is 1.86 bits per heavy atom. The maximum absolute atomic E-state index is 12.5. The molecule has 0 aromatic carbocycles. The molecule has 6 heteroatoms. The Bertz CT molecular complexity index is 534. The van der Waals surface area contributed by atoms with Crippen molar-refractivity contribution in [2.24, 2.45) is 11.8 Å². The molecule has 1 aromatic heterocycles. The van der Waals surface area contributed by atoms with E-state index in [4.69, 9.17) is 5.73 Å². The van der Waals surface area contributed by atoms with Crippen LogP contribution in [0.15, 0.2) is 0 Å². The van der Waals surface area contributed by atoms with E-state index in [-0.39, 0.29) is 5.91 Å². The van der Waals surface area contributed by atoms with E-state index in [2.05, 4.69) is 15.6 Å². The summed E-state index contributed by atoms with van der Waals surface area (Å²) in [7, 11) is 0. The average molecular weight is 306 g/mol. The highest BCUT2D eigenvalue weighted by atomic mass is 32.1. The molecule has 1 amide bonds. The lowest BCUT2D eigenvalue weighted by molar-refractivity contribution is 0.0931. The van der Waals surface area contributed by atoms with Gasteiger partial charge in [-0.25, -0.2) is 4.98 Å². The van der Waals surface area contributed by atoms with Crippen LogP contribution < -0.4 is 16.4 Å². The molecule has 0 radical (unpaired) electrons. The first-order valence-electron chi connectivity index (χ1n) is 8.04. The summed E-state index contributed by atoms with van der Waals surface area (Å²) in [5.41, 5.74) is 5.94. The number of hydrogen-bond donors (Lipinski definition) is 3. The van der Waals surface area contributed by atoms with Crippen LogP contribution >= 0.6 is 11.3 Å². The first kappa shape index (κ1) is 13.4. The van der Waals surface area contributed by atoms with Crippen molar-refractivity contribution in [1.82, 2.24) is 10.3 Å². The number of nitrogens with two attached hydrogens (primary N) is 1. The van der Waals surface area contributed by atoms with Gasteiger partial charge in [-0.05, 0) is 56.8 Å². The smallest absolute Gasteiger partial charge is 0.265 e. The minimum Gasteiger partial charge on any atom is -0.382 e. The molecule has 0 spiro atoms. The van der Waals surface area contributed by atoms with Crippen molar-refractivity contribution in [3.05, 3.63) is 4.88 Å². The Balaban J connectivity index is 1.42. The van der Waals surface area contributed by atoms with Gasteiger partial charge < -0.3 is 16.4 Å². The van der Waals surface area contributed by atoms with Crippen LogP contribution in [0.4, 0.5) is 10.9 Å². The van der Waals surface area contributed by atoms with Gasteiger partial charge in [0.05, 0.1) is 0 Å². The SMILES string of the molecule is Nc1nc(NC2CCC2)sc1C(=O)NC(C1CC1)C1CC1. The van der Waals surface area contributed by atoms with Crippen molar-refractivity contribution in [2.75, 3.05) is 11.1 Å². The molecule has 0 atom stereocenters. The zero-order valence-corrected chi connectivity index (χ0v) is 12.9. The zero-order valence-electron chi connectivity index (χ0n) is 12.1. The summed E-state index contributed by atoms with van der Waals surface area (Å²) in [5.74, 6) is 1.73. The second kappa shape index (κ2) is 5.16. The van der Waals surface area contributed by atoms with Gasteiger partial charge in [-0.2, -0.15) is 0 Å². The van der Waals surface area contributed by atoms with Gasteiger partial charge in [0.1, 0.15) is 10.7 Å². The van der Waals surface area contributed by atoms with Crippen molar-refractivity contribution >= 4 is 28.2 Å². The molecule has 0 unspecified atom stereocenters. The normalized spacial score (nSPS) is 22.1. The average Bonchev–Trinajstić information content (AvgIpc) is 3.30. The van der Waals surface area contributed by atoms with Crippen molar-refractivity contribution in [1.29, 1.82) is 0 Å². The Kier molecular flexibility index (Phi) is 3.28. The first-order valence-corrected chi connectivity index (χ1v) is 8.86. The lowest BCUT2D eigenvalue weighted by Crippen LogP contribution is -2.38. The third kappa shape index (κ3) is 2.86. The van der Waals surface area contributed by atoms with Crippen molar-refractivity contribution in [2.45, 2.75) is 57.0 Å². The number of carbonyl (C=O) groups excluding carboxylic acids is 1. The summed E-state index contributed by atoms with van der Waals surface area (Å²) >= 11 is 1.39. The summed E-state index contributed by atoms with van der Waals surface area (Å²) in [6.07, 6.45) is 8.68. The number of hydrogen-bond acceptors (Lipinski definition) is 5. The molecule has 5 nitrogen and oxygen atoms in total. The Hall–Kier alpha value is -1.30. The van der Waals surface area contributed by atoms with Gasteiger partial charge in [0.2, 0.25) is 0 Å². The van der Waals surface area contributed by atoms with Crippen LogP contribution in [0.25, 0.3) is 0 Å². The van der Waals surface area contributed by atoms with Crippen LogP contribution in [-0.2, 0) is 0 Å². The molecule has 0 bridgehead atoms.